The van der Waals surface area contributed by atoms with Crippen LogP contribution in [0.5, 0.6) is 11.5 Å². The largest absolute Gasteiger partial charge is 0.505 e. The second-order valence-electron chi connectivity index (χ2n) is 8.66. The Balaban J connectivity index is 1.58. The lowest BCUT2D eigenvalue weighted by atomic mass is 10.0. The third-order valence-corrected chi connectivity index (χ3v) is 7.77. The standard InChI is InChI=1S/C28H23I2N3O2/c1-17-6-8-18(9-7-17)14-33(15-19-12-23(29)27(34)25-21(19)4-2-10-31-25)16-20-13-24(30)28(35)26-22(20)5-3-11-32-26/h2-13,34-35H,14-16H2,1H3. The first-order chi connectivity index (χ1) is 16.9. The zero-order valence-electron chi connectivity index (χ0n) is 19.0. The van der Waals surface area contributed by atoms with Crippen LogP contribution in [0.15, 0.2) is 73.1 Å². The molecule has 7 heteroatoms. The second-order valence-corrected chi connectivity index (χ2v) is 11.0. The van der Waals surface area contributed by atoms with Gasteiger partial charge >= 0.3 is 0 Å². The number of halogens is 2. The summed E-state index contributed by atoms with van der Waals surface area (Å²) in [4.78, 5) is 11.3. The third kappa shape index (κ3) is 5.07. The van der Waals surface area contributed by atoms with E-state index in [4.69, 9.17) is 0 Å². The lowest BCUT2D eigenvalue weighted by Crippen LogP contribution is -2.23. The first-order valence-corrected chi connectivity index (χ1v) is 13.3. The number of hydrogen-bond acceptors (Lipinski definition) is 5. The maximum Gasteiger partial charge on any atom is 0.155 e. The summed E-state index contributed by atoms with van der Waals surface area (Å²) in [6.07, 6.45) is 3.42. The van der Waals surface area contributed by atoms with Crippen molar-refractivity contribution in [1.29, 1.82) is 0 Å². The van der Waals surface area contributed by atoms with E-state index in [1.165, 1.54) is 11.1 Å². The molecule has 5 nitrogen and oxygen atoms in total. The van der Waals surface area contributed by atoms with Crippen molar-refractivity contribution in [1.82, 2.24) is 14.9 Å². The number of aromatic hydroxyl groups is 2. The number of rotatable bonds is 6. The van der Waals surface area contributed by atoms with Gasteiger partial charge in [0, 0.05) is 42.8 Å². The van der Waals surface area contributed by atoms with Crippen molar-refractivity contribution in [2.45, 2.75) is 26.6 Å². The van der Waals surface area contributed by atoms with Crippen LogP contribution in [0.2, 0.25) is 0 Å². The van der Waals surface area contributed by atoms with Crippen LogP contribution in [0.4, 0.5) is 0 Å². The average Bonchev–Trinajstić information content (AvgIpc) is 2.87. The lowest BCUT2D eigenvalue weighted by Gasteiger charge is -2.25. The third-order valence-electron chi connectivity index (χ3n) is 6.12. The number of hydrogen-bond donors (Lipinski definition) is 2. The number of pyridine rings is 2. The molecule has 0 saturated carbocycles. The fraction of sp³-hybridized carbons (Fsp3) is 0.143. The summed E-state index contributed by atoms with van der Waals surface area (Å²) in [7, 11) is 0. The zero-order chi connectivity index (χ0) is 24.5. The van der Waals surface area contributed by atoms with Crippen LogP contribution in [0.3, 0.4) is 0 Å². The van der Waals surface area contributed by atoms with Gasteiger partial charge in [0.05, 0.1) is 7.14 Å². The Kier molecular flexibility index (Phi) is 7.08. The summed E-state index contributed by atoms with van der Waals surface area (Å²) in [5, 5.41) is 23.0. The van der Waals surface area contributed by atoms with Gasteiger partial charge in [0.2, 0.25) is 0 Å². The Morgan fingerprint density at radius 3 is 1.69 bits per heavy atom. The number of nitrogens with zero attached hydrogens (tertiary/aromatic N) is 3. The molecule has 2 heterocycles. The van der Waals surface area contributed by atoms with Gasteiger partial charge in [0.1, 0.15) is 11.0 Å². The van der Waals surface area contributed by atoms with Crippen LogP contribution in [-0.2, 0) is 19.6 Å². The van der Waals surface area contributed by atoms with Crippen molar-refractivity contribution in [3.8, 4) is 11.5 Å². The van der Waals surface area contributed by atoms with Crippen LogP contribution in [0.1, 0.15) is 22.3 Å². The highest BCUT2D eigenvalue weighted by atomic mass is 127. The van der Waals surface area contributed by atoms with Gasteiger partial charge in [-0.05, 0) is 93.1 Å². The highest BCUT2D eigenvalue weighted by Gasteiger charge is 2.18. The van der Waals surface area contributed by atoms with Gasteiger partial charge < -0.3 is 10.2 Å². The molecule has 0 atom stereocenters. The molecule has 2 N–H and O–H groups in total. The predicted molar refractivity (Wildman–Crippen MR) is 156 cm³/mol. The smallest absolute Gasteiger partial charge is 0.155 e. The molecule has 0 unspecified atom stereocenters. The monoisotopic (exact) mass is 687 g/mol. The molecular weight excluding hydrogens is 664 g/mol. The summed E-state index contributed by atoms with van der Waals surface area (Å²) in [6.45, 7) is 4.19. The summed E-state index contributed by atoms with van der Waals surface area (Å²) >= 11 is 4.34. The van der Waals surface area contributed by atoms with Gasteiger partial charge in [-0.2, -0.15) is 0 Å². The molecule has 3 aromatic carbocycles. The molecule has 0 amide bonds. The maximum absolute atomic E-state index is 10.6. The van der Waals surface area contributed by atoms with Crippen LogP contribution in [0.25, 0.3) is 21.8 Å². The van der Waals surface area contributed by atoms with E-state index in [-0.39, 0.29) is 11.5 Å². The van der Waals surface area contributed by atoms with Crippen LogP contribution in [-0.4, -0.2) is 25.1 Å². The van der Waals surface area contributed by atoms with E-state index >= 15 is 0 Å². The van der Waals surface area contributed by atoms with Crippen molar-refractivity contribution in [2.24, 2.45) is 0 Å². The molecule has 0 radical (unpaired) electrons. The highest BCUT2D eigenvalue weighted by molar-refractivity contribution is 14.1. The lowest BCUT2D eigenvalue weighted by molar-refractivity contribution is 0.249. The molecule has 35 heavy (non-hydrogen) atoms. The highest BCUT2D eigenvalue weighted by Crippen LogP contribution is 2.34. The van der Waals surface area contributed by atoms with Crippen molar-refractivity contribution < 1.29 is 10.2 Å². The Morgan fingerprint density at radius 2 is 1.20 bits per heavy atom. The number of aromatic nitrogens is 2. The molecule has 2 aromatic heterocycles. The van der Waals surface area contributed by atoms with Crippen molar-refractivity contribution in [3.05, 3.63) is 102 Å². The van der Waals surface area contributed by atoms with Gasteiger partial charge in [0.25, 0.3) is 0 Å². The number of phenols is 2. The second kappa shape index (κ2) is 10.2. The molecule has 0 bridgehead atoms. The van der Waals surface area contributed by atoms with Crippen LogP contribution in [0, 0.1) is 14.1 Å². The molecule has 0 aliphatic carbocycles. The topological polar surface area (TPSA) is 69.5 Å². The van der Waals surface area contributed by atoms with Gasteiger partial charge in [0.15, 0.2) is 11.5 Å². The Bertz CT molecular complexity index is 1440. The van der Waals surface area contributed by atoms with Crippen LogP contribution >= 0.6 is 45.2 Å². The average molecular weight is 687 g/mol. The quantitative estimate of drug-likeness (QED) is 0.190. The molecule has 0 aliphatic rings. The predicted octanol–water partition coefficient (Wildman–Crippen LogP) is 6.91. The Morgan fingerprint density at radius 1 is 0.714 bits per heavy atom. The SMILES string of the molecule is Cc1ccc(CN(Cc2cc(I)c(O)c3ncccc23)Cc2cc(I)c(O)c3ncccc23)cc1. The molecule has 0 fully saturated rings. The first kappa shape index (κ1) is 24.2. The van der Waals surface area contributed by atoms with Crippen molar-refractivity contribution >= 4 is 67.0 Å². The number of aryl methyl sites for hydroxylation is 1. The summed E-state index contributed by atoms with van der Waals surface area (Å²) in [6, 6.07) is 20.5. The fourth-order valence-corrected chi connectivity index (χ4v) is 5.66. The van der Waals surface area contributed by atoms with E-state index in [1.54, 1.807) is 12.4 Å². The first-order valence-electron chi connectivity index (χ1n) is 11.2. The molecule has 0 aliphatic heterocycles. The zero-order valence-corrected chi connectivity index (χ0v) is 23.4. The molecule has 5 aromatic rings. The van der Waals surface area contributed by atoms with Gasteiger partial charge in [-0.25, -0.2) is 0 Å². The Hall–Kier alpha value is -2.50. The van der Waals surface area contributed by atoms with E-state index in [9.17, 15) is 10.2 Å². The number of phenolic OH excluding ortho intramolecular Hbond substituents is 2. The van der Waals surface area contributed by atoms with Gasteiger partial charge in [-0.3, -0.25) is 14.9 Å². The number of fused-ring (bicyclic) bond motifs is 2. The maximum atomic E-state index is 10.6. The van der Waals surface area contributed by atoms with E-state index in [1.807, 2.05) is 36.4 Å². The Labute approximate surface area is 231 Å². The van der Waals surface area contributed by atoms with E-state index < -0.39 is 0 Å². The molecular formula is C28H23I2N3O2. The van der Waals surface area contributed by atoms with Crippen molar-refractivity contribution in [3.63, 3.8) is 0 Å². The van der Waals surface area contributed by atoms with Crippen molar-refractivity contribution in [2.75, 3.05) is 0 Å². The minimum absolute atomic E-state index is 0.222. The fourth-order valence-electron chi connectivity index (χ4n) is 4.39. The normalized spacial score (nSPS) is 11.5. The van der Waals surface area contributed by atoms with Crippen LogP contribution < -0.4 is 0 Å². The molecule has 176 valence electrons. The van der Waals surface area contributed by atoms with Gasteiger partial charge in [-0.1, -0.05) is 42.0 Å². The molecule has 0 spiro atoms. The van der Waals surface area contributed by atoms with E-state index in [2.05, 4.69) is 91.2 Å². The van der Waals surface area contributed by atoms with E-state index in [0.717, 1.165) is 35.6 Å². The molecule has 0 saturated heterocycles. The number of benzene rings is 3. The summed E-state index contributed by atoms with van der Waals surface area (Å²) < 4.78 is 1.57. The van der Waals surface area contributed by atoms with Gasteiger partial charge in [-0.15, -0.1) is 0 Å². The summed E-state index contributed by atoms with van der Waals surface area (Å²) in [5.74, 6) is 0.445. The minimum atomic E-state index is 0.222. The minimum Gasteiger partial charge on any atom is -0.505 e. The molecule has 5 rings (SSSR count). The van der Waals surface area contributed by atoms with E-state index in [0.29, 0.717) is 24.1 Å². The summed E-state index contributed by atoms with van der Waals surface area (Å²) in [5.41, 5.74) is 5.92.